The van der Waals surface area contributed by atoms with E-state index in [4.69, 9.17) is 5.73 Å². The SMILES string of the molecule is Nc1cnc(C(=O)N2CCC3(CCCCC3)CC2)cn1. The van der Waals surface area contributed by atoms with E-state index >= 15 is 0 Å². The van der Waals surface area contributed by atoms with Crippen molar-refractivity contribution in [3.8, 4) is 0 Å². The number of aromatic nitrogens is 2. The van der Waals surface area contributed by atoms with Gasteiger partial charge in [0.05, 0.1) is 12.4 Å². The van der Waals surface area contributed by atoms with Gasteiger partial charge in [0.1, 0.15) is 11.5 Å². The maximum atomic E-state index is 12.4. The van der Waals surface area contributed by atoms with Gasteiger partial charge in [-0.1, -0.05) is 19.3 Å². The Morgan fingerprint density at radius 3 is 2.35 bits per heavy atom. The lowest BCUT2D eigenvalue weighted by Crippen LogP contribution is -2.44. The van der Waals surface area contributed by atoms with Crippen LogP contribution in [0.1, 0.15) is 55.4 Å². The van der Waals surface area contributed by atoms with Crippen LogP contribution in [0.2, 0.25) is 0 Å². The summed E-state index contributed by atoms with van der Waals surface area (Å²) in [6.45, 7) is 1.70. The lowest BCUT2D eigenvalue weighted by Gasteiger charge is -2.44. The molecule has 0 unspecified atom stereocenters. The van der Waals surface area contributed by atoms with Crippen molar-refractivity contribution in [1.29, 1.82) is 0 Å². The molecule has 20 heavy (non-hydrogen) atoms. The summed E-state index contributed by atoms with van der Waals surface area (Å²) in [6, 6.07) is 0. The molecule has 1 saturated carbocycles. The Kier molecular flexibility index (Phi) is 3.59. The number of nitrogens with two attached hydrogens (primary N) is 1. The monoisotopic (exact) mass is 274 g/mol. The van der Waals surface area contributed by atoms with E-state index < -0.39 is 0 Å². The molecule has 1 spiro atoms. The van der Waals surface area contributed by atoms with Crippen LogP contribution in [-0.4, -0.2) is 33.9 Å². The third-order valence-electron chi connectivity index (χ3n) is 4.92. The fourth-order valence-corrected chi connectivity index (χ4v) is 3.60. The lowest BCUT2D eigenvalue weighted by molar-refractivity contribution is 0.0467. The summed E-state index contributed by atoms with van der Waals surface area (Å²) in [5.41, 5.74) is 6.42. The van der Waals surface area contributed by atoms with Crippen LogP contribution in [-0.2, 0) is 0 Å². The van der Waals surface area contributed by atoms with Gasteiger partial charge >= 0.3 is 0 Å². The van der Waals surface area contributed by atoms with E-state index in [9.17, 15) is 4.79 Å². The molecule has 1 aromatic heterocycles. The second-order valence-corrected chi connectivity index (χ2v) is 6.18. The highest BCUT2D eigenvalue weighted by atomic mass is 16.2. The molecule has 1 saturated heterocycles. The van der Waals surface area contributed by atoms with Gasteiger partial charge in [0.25, 0.3) is 5.91 Å². The zero-order chi connectivity index (χ0) is 14.0. The molecule has 2 fully saturated rings. The van der Waals surface area contributed by atoms with Crippen LogP contribution in [0, 0.1) is 5.41 Å². The Hall–Kier alpha value is -1.65. The first-order valence-corrected chi connectivity index (χ1v) is 7.55. The molecule has 5 nitrogen and oxygen atoms in total. The van der Waals surface area contributed by atoms with Gasteiger partial charge in [-0.3, -0.25) is 4.79 Å². The van der Waals surface area contributed by atoms with Gasteiger partial charge in [-0.05, 0) is 31.1 Å². The van der Waals surface area contributed by atoms with Crippen LogP contribution in [0.5, 0.6) is 0 Å². The Bertz CT molecular complexity index is 469. The van der Waals surface area contributed by atoms with E-state index in [-0.39, 0.29) is 5.91 Å². The van der Waals surface area contributed by atoms with Gasteiger partial charge in [-0.25, -0.2) is 9.97 Å². The number of hydrogen-bond acceptors (Lipinski definition) is 4. The molecule has 2 heterocycles. The van der Waals surface area contributed by atoms with Gasteiger partial charge in [0.15, 0.2) is 0 Å². The molecule has 0 radical (unpaired) electrons. The number of carbonyl (C=O) groups is 1. The molecule has 3 rings (SSSR count). The van der Waals surface area contributed by atoms with Gasteiger partial charge in [-0.15, -0.1) is 0 Å². The quantitative estimate of drug-likeness (QED) is 0.852. The van der Waals surface area contributed by atoms with Crippen molar-refractivity contribution in [2.75, 3.05) is 18.8 Å². The third-order valence-corrected chi connectivity index (χ3v) is 4.92. The summed E-state index contributed by atoms with van der Waals surface area (Å²) in [5, 5.41) is 0. The van der Waals surface area contributed by atoms with Crippen molar-refractivity contribution in [3.05, 3.63) is 18.1 Å². The van der Waals surface area contributed by atoms with E-state index in [1.165, 1.54) is 44.5 Å². The van der Waals surface area contributed by atoms with E-state index in [0.29, 0.717) is 16.9 Å². The van der Waals surface area contributed by atoms with Crippen molar-refractivity contribution in [2.45, 2.75) is 44.9 Å². The van der Waals surface area contributed by atoms with Crippen LogP contribution in [0.3, 0.4) is 0 Å². The lowest BCUT2D eigenvalue weighted by atomic mass is 9.68. The Labute approximate surface area is 119 Å². The molecule has 0 atom stereocenters. The first-order valence-electron chi connectivity index (χ1n) is 7.55. The second kappa shape index (κ2) is 5.38. The molecule has 2 aliphatic rings. The number of anilines is 1. The molecule has 1 aliphatic heterocycles. The van der Waals surface area contributed by atoms with E-state index in [1.54, 1.807) is 0 Å². The van der Waals surface area contributed by atoms with Crippen LogP contribution in [0.25, 0.3) is 0 Å². The van der Waals surface area contributed by atoms with Crippen LogP contribution >= 0.6 is 0 Å². The minimum atomic E-state index is -0.0110. The number of nitrogen functional groups attached to an aromatic ring is 1. The fourth-order valence-electron chi connectivity index (χ4n) is 3.60. The molecule has 0 aromatic carbocycles. The van der Waals surface area contributed by atoms with Crippen molar-refractivity contribution in [1.82, 2.24) is 14.9 Å². The molecule has 0 bridgehead atoms. The van der Waals surface area contributed by atoms with Gasteiger partial charge in [-0.2, -0.15) is 0 Å². The first kappa shape index (κ1) is 13.3. The molecular weight excluding hydrogens is 252 g/mol. The number of likely N-dealkylation sites (tertiary alicyclic amines) is 1. The summed E-state index contributed by atoms with van der Waals surface area (Å²) >= 11 is 0. The average Bonchev–Trinajstić information content (AvgIpc) is 2.49. The standard InChI is InChI=1S/C15H22N4O/c16-13-11-17-12(10-18-13)14(20)19-8-6-15(7-9-19)4-2-1-3-5-15/h10-11H,1-9H2,(H2,16,18). The van der Waals surface area contributed by atoms with Gasteiger partial charge in [0, 0.05) is 13.1 Å². The number of amides is 1. The largest absolute Gasteiger partial charge is 0.382 e. The molecule has 108 valence electrons. The number of hydrogen-bond donors (Lipinski definition) is 1. The van der Waals surface area contributed by atoms with Gasteiger partial charge in [0.2, 0.25) is 0 Å². The molecule has 1 amide bonds. The summed E-state index contributed by atoms with van der Waals surface area (Å²) in [4.78, 5) is 22.3. The predicted molar refractivity (Wildman–Crippen MR) is 77.1 cm³/mol. The molecule has 1 aromatic rings. The fraction of sp³-hybridized carbons (Fsp3) is 0.667. The second-order valence-electron chi connectivity index (χ2n) is 6.18. The van der Waals surface area contributed by atoms with Crippen molar-refractivity contribution in [2.24, 2.45) is 5.41 Å². The van der Waals surface area contributed by atoms with E-state index in [1.807, 2.05) is 4.90 Å². The Morgan fingerprint density at radius 2 is 1.75 bits per heavy atom. The smallest absolute Gasteiger partial charge is 0.274 e. The normalized spacial score (nSPS) is 21.9. The summed E-state index contributed by atoms with van der Waals surface area (Å²) < 4.78 is 0. The number of nitrogens with zero attached hydrogens (tertiary/aromatic N) is 3. The molecular formula is C15H22N4O. The average molecular weight is 274 g/mol. The molecule has 1 aliphatic carbocycles. The highest BCUT2D eigenvalue weighted by molar-refractivity contribution is 5.92. The zero-order valence-corrected chi connectivity index (χ0v) is 11.8. The summed E-state index contributed by atoms with van der Waals surface area (Å²) in [5.74, 6) is 0.338. The minimum Gasteiger partial charge on any atom is -0.382 e. The maximum Gasteiger partial charge on any atom is 0.274 e. The molecule has 2 N–H and O–H groups in total. The van der Waals surface area contributed by atoms with Gasteiger partial charge < -0.3 is 10.6 Å². The first-order chi connectivity index (χ1) is 9.69. The van der Waals surface area contributed by atoms with Crippen molar-refractivity contribution >= 4 is 11.7 Å². The number of piperidine rings is 1. The van der Waals surface area contributed by atoms with Crippen LogP contribution < -0.4 is 5.73 Å². The van der Waals surface area contributed by atoms with Crippen molar-refractivity contribution < 1.29 is 4.79 Å². The van der Waals surface area contributed by atoms with E-state index in [0.717, 1.165) is 25.9 Å². The predicted octanol–water partition coefficient (Wildman–Crippen LogP) is 2.25. The minimum absolute atomic E-state index is 0.0110. The Balaban J connectivity index is 1.62. The third kappa shape index (κ3) is 2.62. The Morgan fingerprint density at radius 1 is 1.05 bits per heavy atom. The highest BCUT2D eigenvalue weighted by Crippen LogP contribution is 2.44. The topological polar surface area (TPSA) is 72.1 Å². The zero-order valence-electron chi connectivity index (χ0n) is 11.8. The summed E-state index contributed by atoms with van der Waals surface area (Å²) in [6.07, 6.45) is 12.0. The van der Waals surface area contributed by atoms with Crippen LogP contribution in [0.4, 0.5) is 5.82 Å². The van der Waals surface area contributed by atoms with E-state index in [2.05, 4.69) is 9.97 Å². The maximum absolute atomic E-state index is 12.4. The molecule has 5 heteroatoms. The number of rotatable bonds is 1. The summed E-state index contributed by atoms with van der Waals surface area (Å²) in [7, 11) is 0. The number of carbonyl (C=O) groups excluding carboxylic acids is 1. The van der Waals surface area contributed by atoms with Crippen molar-refractivity contribution in [3.63, 3.8) is 0 Å². The highest BCUT2D eigenvalue weighted by Gasteiger charge is 2.36. The van der Waals surface area contributed by atoms with Crippen LogP contribution in [0.15, 0.2) is 12.4 Å².